The first-order valence-electron chi connectivity index (χ1n) is 6.04. The summed E-state index contributed by atoms with van der Waals surface area (Å²) >= 11 is 1.70. The minimum atomic E-state index is -0.0117. The summed E-state index contributed by atoms with van der Waals surface area (Å²) in [6.07, 6.45) is 0. The van der Waals surface area contributed by atoms with Crippen molar-refractivity contribution in [2.75, 3.05) is 27.7 Å². The molecule has 5 heteroatoms. The Bertz CT molecular complexity index is 401. The SMILES string of the molecule is Cc1ccsc1C(C(C)N)N(C)CC(=O)N(C)C. The zero-order valence-corrected chi connectivity index (χ0v) is 12.6. The van der Waals surface area contributed by atoms with E-state index in [0.717, 1.165) is 0 Å². The molecule has 0 fully saturated rings. The standard InChI is InChI=1S/C13H23N3OS/c1-9-6-7-18-13(9)12(10(2)14)16(5)8-11(17)15(3)4/h6-7,10,12H,8,14H2,1-5H3. The average Bonchev–Trinajstić information content (AvgIpc) is 2.64. The Morgan fingerprint density at radius 1 is 1.44 bits per heavy atom. The van der Waals surface area contributed by atoms with Crippen molar-refractivity contribution in [3.63, 3.8) is 0 Å². The number of nitrogens with two attached hydrogens (primary N) is 1. The van der Waals surface area contributed by atoms with Gasteiger partial charge in [0.2, 0.25) is 5.91 Å². The van der Waals surface area contributed by atoms with E-state index < -0.39 is 0 Å². The van der Waals surface area contributed by atoms with Gasteiger partial charge in [0, 0.05) is 25.0 Å². The molecule has 18 heavy (non-hydrogen) atoms. The Kier molecular flexibility index (Phi) is 5.31. The fourth-order valence-electron chi connectivity index (χ4n) is 1.98. The number of hydrogen-bond donors (Lipinski definition) is 1. The van der Waals surface area contributed by atoms with Crippen LogP contribution in [0.1, 0.15) is 23.4 Å². The molecule has 4 nitrogen and oxygen atoms in total. The van der Waals surface area contributed by atoms with Gasteiger partial charge in [-0.1, -0.05) is 0 Å². The Morgan fingerprint density at radius 2 is 2.06 bits per heavy atom. The summed E-state index contributed by atoms with van der Waals surface area (Å²) in [6.45, 7) is 4.46. The highest BCUT2D eigenvalue weighted by Gasteiger charge is 2.25. The normalized spacial score (nSPS) is 14.6. The summed E-state index contributed by atoms with van der Waals surface area (Å²) in [6, 6.07) is 2.17. The number of rotatable bonds is 5. The number of amides is 1. The van der Waals surface area contributed by atoms with E-state index in [1.807, 2.05) is 18.9 Å². The van der Waals surface area contributed by atoms with Gasteiger partial charge in [-0.15, -0.1) is 11.3 Å². The van der Waals surface area contributed by atoms with E-state index in [1.54, 1.807) is 30.3 Å². The minimum Gasteiger partial charge on any atom is -0.348 e. The summed E-state index contributed by atoms with van der Waals surface area (Å²) in [4.78, 5) is 16.7. The number of nitrogens with zero attached hydrogens (tertiary/aromatic N) is 2. The largest absolute Gasteiger partial charge is 0.348 e. The quantitative estimate of drug-likeness (QED) is 0.880. The molecule has 1 aromatic heterocycles. The second-order valence-electron chi connectivity index (χ2n) is 4.98. The van der Waals surface area contributed by atoms with E-state index in [-0.39, 0.29) is 18.0 Å². The maximum atomic E-state index is 11.8. The van der Waals surface area contributed by atoms with E-state index in [2.05, 4.69) is 18.4 Å². The molecule has 0 saturated heterocycles. The molecular weight excluding hydrogens is 246 g/mol. The molecule has 2 N–H and O–H groups in total. The van der Waals surface area contributed by atoms with E-state index in [9.17, 15) is 4.79 Å². The molecule has 2 atom stereocenters. The molecule has 0 aromatic carbocycles. The van der Waals surface area contributed by atoms with Crippen LogP contribution in [0, 0.1) is 6.92 Å². The van der Waals surface area contributed by atoms with Gasteiger partial charge in [-0.05, 0) is 37.9 Å². The number of aryl methyl sites for hydroxylation is 1. The van der Waals surface area contributed by atoms with Crippen molar-refractivity contribution >= 4 is 17.2 Å². The number of carbonyl (C=O) groups excluding carboxylic acids is 1. The van der Waals surface area contributed by atoms with Crippen molar-refractivity contribution in [3.05, 3.63) is 21.9 Å². The first kappa shape index (κ1) is 15.1. The van der Waals surface area contributed by atoms with Gasteiger partial charge in [0.25, 0.3) is 0 Å². The molecule has 1 amide bonds. The highest BCUT2D eigenvalue weighted by Crippen LogP contribution is 2.29. The van der Waals surface area contributed by atoms with Crippen LogP contribution in [0.2, 0.25) is 0 Å². The lowest BCUT2D eigenvalue weighted by molar-refractivity contribution is -0.130. The number of carbonyl (C=O) groups is 1. The number of hydrogen-bond acceptors (Lipinski definition) is 4. The summed E-state index contributed by atoms with van der Waals surface area (Å²) < 4.78 is 0. The van der Waals surface area contributed by atoms with E-state index in [0.29, 0.717) is 6.54 Å². The average molecular weight is 269 g/mol. The molecule has 0 aliphatic heterocycles. The number of thiophene rings is 1. The first-order valence-corrected chi connectivity index (χ1v) is 6.92. The predicted octanol–water partition coefficient (Wildman–Crippen LogP) is 1.46. The second-order valence-corrected chi connectivity index (χ2v) is 5.92. The molecule has 1 heterocycles. The van der Waals surface area contributed by atoms with Crippen LogP contribution in [0.4, 0.5) is 0 Å². The molecule has 0 aliphatic carbocycles. The lowest BCUT2D eigenvalue weighted by Crippen LogP contribution is -2.42. The van der Waals surface area contributed by atoms with Crippen molar-refractivity contribution in [1.29, 1.82) is 0 Å². The third-order valence-electron chi connectivity index (χ3n) is 3.03. The smallest absolute Gasteiger partial charge is 0.236 e. The Labute approximate surface area is 113 Å². The maximum absolute atomic E-state index is 11.8. The molecule has 1 aromatic rings. The van der Waals surface area contributed by atoms with Crippen molar-refractivity contribution in [2.24, 2.45) is 5.73 Å². The van der Waals surface area contributed by atoms with Crippen LogP contribution in [0.3, 0.4) is 0 Å². The van der Waals surface area contributed by atoms with Crippen LogP contribution in [0.5, 0.6) is 0 Å². The summed E-state index contributed by atoms with van der Waals surface area (Å²) in [5.74, 6) is 0.0948. The van der Waals surface area contributed by atoms with Crippen molar-refractivity contribution in [1.82, 2.24) is 9.80 Å². The zero-order chi connectivity index (χ0) is 13.9. The van der Waals surface area contributed by atoms with E-state index in [4.69, 9.17) is 5.73 Å². The second kappa shape index (κ2) is 6.31. The highest BCUT2D eigenvalue weighted by atomic mass is 32.1. The topological polar surface area (TPSA) is 49.6 Å². The number of likely N-dealkylation sites (N-methyl/N-ethyl adjacent to an activating group) is 2. The minimum absolute atomic E-state index is 0.0117. The van der Waals surface area contributed by atoms with Crippen molar-refractivity contribution in [3.8, 4) is 0 Å². The summed E-state index contributed by atoms with van der Waals surface area (Å²) in [5.41, 5.74) is 7.33. The van der Waals surface area contributed by atoms with E-state index in [1.165, 1.54) is 10.4 Å². The fourth-order valence-corrected chi connectivity index (χ4v) is 3.19. The Hall–Kier alpha value is -0.910. The van der Waals surface area contributed by atoms with Gasteiger partial charge in [0.05, 0.1) is 12.6 Å². The molecule has 1 rings (SSSR count). The van der Waals surface area contributed by atoms with Crippen LogP contribution in [0.15, 0.2) is 11.4 Å². The molecule has 0 saturated carbocycles. The van der Waals surface area contributed by atoms with Gasteiger partial charge in [0.1, 0.15) is 0 Å². The molecular formula is C13H23N3OS. The van der Waals surface area contributed by atoms with Crippen molar-refractivity contribution in [2.45, 2.75) is 25.9 Å². The lowest BCUT2D eigenvalue weighted by atomic mass is 10.0. The van der Waals surface area contributed by atoms with Gasteiger partial charge in [-0.2, -0.15) is 0 Å². The van der Waals surface area contributed by atoms with Gasteiger partial charge in [-0.3, -0.25) is 9.69 Å². The van der Waals surface area contributed by atoms with Gasteiger partial charge < -0.3 is 10.6 Å². The Balaban J connectivity index is 2.87. The molecule has 0 spiro atoms. The van der Waals surface area contributed by atoms with Crippen LogP contribution in [0.25, 0.3) is 0 Å². The monoisotopic (exact) mass is 269 g/mol. The van der Waals surface area contributed by atoms with Gasteiger partial charge in [0.15, 0.2) is 0 Å². The van der Waals surface area contributed by atoms with Crippen molar-refractivity contribution < 1.29 is 4.79 Å². The molecule has 0 bridgehead atoms. The highest BCUT2D eigenvalue weighted by molar-refractivity contribution is 7.10. The lowest BCUT2D eigenvalue weighted by Gasteiger charge is -2.31. The first-order chi connectivity index (χ1) is 8.34. The van der Waals surface area contributed by atoms with E-state index >= 15 is 0 Å². The summed E-state index contributed by atoms with van der Waals surface area (Å²) in [5, 5.41) is 2.07. The van der Waals surface area contributed by atoms with Gasteiger partial charge >= 0.3 is 0 Å². The molecule has 2 unspecified atom stereocenters. The third-order valence-corrected chi connectivity index (χ3v) is 4.12. The predicted molar refractivity (Wildman–Crippen MR) is 76.8 cm³/mol. The third kappa shape index (κ3) is 3.54. The maximum Gasteiger partial charge on any atom is 0.236 e. The van der Waals surface area contributed by atoms with Gasteiger partial charge in [-0.25, -0.2) is 0 Å². The fraction of sp³-hybridized carbons (Fsp3) is 0.615. The van der Waals surface area contributed by atoms with Crippen LogP contribution in [-0.2, 0) is 4.79 Å². The molecule has 0 aliphatic rings. The zero-order valence-electron chi connectivity index (χ0n) is 11.8. The summed E-state index contributed by atoms with van der Waals surface area (Å²) in [7, 11) is 5.50. The Morgan fingerprint density at radius 3 is 2.44 bits per heavy atom. The van der Waals surface area contributed by atoms with Crippen LogP contribution in [-0.4, -0.2) is 49.4 Å². The van der Waals surface area contributed by atoms with Crippen LogP contribution >= 0.6 is 11.3 Å². The van der Waals surface area contributed by atoms with Crippen LogP contribution < -0.4 is 5.73 Å². The molecule has 102 valence electrons. The molecule has 0 radical (unpaired) electrons.